The second-order valence-corrected chi connectivity index (χ2v) is 23.4. The highest BCUT2D eigenvalue weighted by Gasteiger charge is 2.30. The predicted octanol–water partition coefficient (Wildman–Crippen LogP) is 24.5. The Morgan fingerprint density at radius 3 is 0.807 bits per heavy atom. The summed E-state index contributed by atoms with van der Waals surface area (Å²) in [5.41, 5.74) is 11.4. The molecule has 0 spiro atoms. The van der Waals surface area contributed by atoms with Gasteiger partial charge in [-0.2, -0.15) is 0 Å². The molecule has 0 aliphatic carbocycles. The van der Waals surface area contributed by atoms with E-state index in [0.717, 1.165) is 120 Å². The number of halogens is 2. The van der Waals surface area contributed by atoms with Crippen LogP contribution in [0.1, 0.15) is 0 Å². The summed E-state index contributed by atoms with van der Waals surface area (Å²) in [6.07, 6.45) is 0. The molecule has 17 aromatic rings. The third kappa shape index (κ3) is 8.72. The Morgan fingerprint density at radius 2 is 0.398 bits per heavy atom. The van der Waals surface area contributed by atoms with Crippen LogP contribution in [-0.2, 0) is 0 Å². The van der Waals surface area contributed by atoms with Gasteiger partial charge in [0.25, 0.3) is 0 Å². The highest BCUT2D eigenvalue weighted by atomic mass is 19.1. The quantitative estimate of drug-likeness (QED) is 0.142. The van der Waals surface area contributed by atoms with Crippen LogP contribution in [0.15, 0.2) is 315 Å². The van der Waals surface area contributed by atoms with Crippen LogP contribution in [-0.4, -0.2) is 0 Å². The van der Waals surface area contributed by atoms with Crippen molar-refractivity contribution in [3.63, 3.8) is 0 Å². The average Bonchev–Trinajstić information content (AvgIpc) is 1.10. The SMILES string of the molecule is Fc1c(-c2ccc3c(-c4ccc5ccccc5c4)cccc3c2)c(-c2ccc3cccc(-c4ccc5ccccc5c4)c3c2)c(F)c(-c2ccc3ccc(-c4ccc5ccccc5c4)cc3c2)c1-c1ccc2cccc(-c3ccc4ccccc4c3)c2c1. The van der Waals surface area contributed by atoms with E-state index in [9.17, 15) is 0 Å². The lowest BCUT2D eigenvalue weighted by Crippen LogP contribution is -2.03. The van der Waals surface area contributed by atoms with Gasteiger partial charge in [-0.25, -0.2) is 8.78 Å². The molecule has 0 aliphatic heterocycles. The van der Waals surface area contributed by atoms with Crippen LogP contribution < -0.4 is 0 Å². The minimum absolute atomic E-state index is 0.194. The lowest BCUT2D eigenvalue weighted by Gasteiger charge is -2.23. The van der Waals surface area contributed by atoms with Gasteiger partial charge in [0.15, 0.2) is 0 Å². The van der Waals surface area contributed by atoms with Crippen molar-refractivity contribution in [1.29, 1.82) is 0 Å². The van der Waals surface area contributed by atoms with Gasteiger partial charge in [0.2, 0.25) is 0 Å². The molecule has 0 bridgehead atoms. The van der Waals surface area contributed by atoms with E-state index in [4.69, 9.17) is 0 Å². The predicted molar refractivity (Wildman–Crippen MR) is 370 cm³/mol. The monoisotopic (exact) mass is 1120 g/mol. The molecule has 0 radical (unpaired) electrons. The summed E-state index contributed by atoms with van der Waals surface area (Å²) in [6, 6.07) is 109. The van der Waals surface area contributed by atoms with Crippen LogP contribution in [0.4, 0.5) is 8.78 Å². The van der Waals surface area contributed by atoms with E-state index < -0.39 is 11.6 Å². The molecule has 0 atom stereocenters. The Balaban J connectivity index is 0.942. The summed E-state index contributed by atoms with van der Waals surface area (Å²) in [6.45, 7) is 0. The largest absolute Gasteiger partial charge is 0.206 e. The zero-order valence-electron chi connectivity index (χ0n) is 47.8. The van der Waals surface area contributed by atoms with Crippen molar-refractivity contribution in [3.05, 3.63) is 327 Å². The summed E-state index contributed by atoms with van der Waals surface area (Å²) in [7, 11) is 0. The molecule has 17 aromatic carbocycles. The van der Waals surface area contributed by atoms with Gasteiger partial charge in [0.05, 0.1) is 0 Å². The molecule has 17 rings (SSSR count). The molecule has 0 nitrogen and oxygen atoms in total. The van der Waals surface area contributed by atoms with Crippen LogP contribution in [0.5, 0.6) is 0 Å². The fourth-order valence-electron chi connectivity index (χ4n) is 13.8. The molecular weight excluding hydrogens is 1070 g/mol. The molecular formula is C86H52F2. The summed E-state index contributed by atoms with van der Waals surface area (Å²) < 4.78 is 39.9. The first-order valence-electron chi connectivity index (χ1n) is 30.1. The maximum Gasteiger partial charge on any atom is 0.140 e. The van der Waals surface area contributed by atoms with Crippen molar-refractivity contribution in [2.24, 2.45) is 0 Å². The summed E-state index contributed by atoms with van der Waals surface area (Å²) in [5.74, 6) is -1.02. The molecule has 0 fully saturated rings. The second-order valence-electron chi connectivity index (χ2n) is 23.4. The molecule has 0 amide bonds. The normalized spacial score (nSPS) is 11.8. The molecule has 0 aliphatic rings. The van der Waals surface area contributed by atoms with Gasteiger partial charge in [-0.1, -0.05) is 261 Å². The maximum absolute atomic E-state index is 20.0. The molecule has 410 valence electrons. The molecule has 0 saturated heterocycles. The smallest absolute Gasteiger partial charge is 0.140 e. The van der Waals surface area contributed by atoms with E-state index in [0.29, 0.717) is 22.3 Å². The molecule has 0 heterocycles. The molecule has 88 heavy (non-hydrogen) atoms. The molecule has 0 unspecified atom stereocenters. The molecule has 0 aromatic heterocycles. The van der Waals surface area contributed by atoms with Crippen molar-refractivity contribution < 1.29 is 8.78 Å². The fraction of sp³-hybridized carbons (Fsp3) is 0. The lowest BCUT2D eigenvalue weighted by molar-refractivity contribution is 0.612. The topological polar surface area (TPSA) is 0 Å². The third-order valence-electron chi connectivity index (χ3n) is 18.3. The van der Waals surface area contributed by atoms with E-state index in [-0.39, 0.29) is 22.3 Å². The number of hydrogen-bond donors (Lipinski definition) is 0. The lowest BCUT2D eigenvalue weighted by atomic mass is 9.82. The van der Waals surface area contributed by atoms with Crippen LogP contribution in [0.3, 0.4) is 0 Å². The van der Waals surface area contributed by atoms with E-state index in [1.807, 2.05) is 30.3 Å². The third-order valence-corrected chi connectivity index (χ3v) is 18.3. The first kappa shape index (κ1) is 51.1. The zero-order valence-corrected chi connectivity index (χ0v) is 47.8. The highest BCUT2D eigenvalue weighted by Crippen LogP contribution is 2.50. The summed E-state index contributed by atoms with van der Waals surface area (Å²) >= 11 is 0. The fourth-order valence-corrected chi connectivity index (χ4v) is 13.8. The van der Waals surface area contributed by atoms with E-state index >= 15 is 8.78 Å². The van der Waals surface area contributed by atoms with E-state index in [1.165, 1.54) is 10.8 Å². The van der Waals surface area contributed by atoms with Crippen molar-refractivity contribution >= 4 is 86.2 Å². The van der Waals surface area contributed by atoms with Crippen LogP contribution >= 0.6 is 0 Å². The standard InChI is InChI=1S/C86H52F2/c87-85-81(70-39-31-57-27-35-65(48-74(57)50-70)64-34-26-53-12-1-5-16-60(53)44-64)83(72-40-32-58-20-9-24-76(79(58)51-72)68-37-29-55-14-3-7-18-62(55)46-68)86(88)82(71-42-43-78-66(49-71)22-11-23-75(78)67-36-28-54-13-2-6-17-61(54)45-67)84(85)73-41-33-59-21-10-25-77(80(59)52-73)69-38-30-56-15-4-8-19-63(56)47-69/h1-52H. The van der Waals surface area contributed by atoms with Crippen LogP contribution in [0.25, 0.3) is 175 Å². The number of hydrogen-bond acceptors (Lipinski definition) is 0. The Kier molecular flexibility index (Phi) is 12.0. The van der Waals surface area contributed by atoms with E-state index in [1.54, 1.807) is 0 Å². The van der Waals surface area contributed by atoms with Crippen molar-refractivity contribution in [3.8, 4) is 89.0 Å². The highest BCUT2D eigenvalue weighted by molar-refractivity contribution is 6.08. The Morgan fingerprint density at radius 1 is 0.148 bits per heavy atom. The minimum Gasteiger partial charge on any atom is -0.206 e. The number of fused-ring (bicyclic) bond motifs is 8. The molecule has 0 saturated carbocycles. The second kappa shape index (κ2) is 20.7. The Hall–Kier alpha value is -11.3. The van der Waals surface area contributed by atoms with E-state index in [2.05, 4.69) is 285 Å². The van der Waals surface area contributed by atoms with Crippen LogP contribution in [0.2, 0.25) is 0 Å². The van der Waals surface area contributed by atoms with Crippen molar-refractivity contribution in [2.75, 3.05) is 0 Å². The summed E-state index contributed by atoms with van der Waals surface area (Å²) in [5, 5.41) is 16.9. The Bertz CT molecular complexity index is 5530. The van der Waals surface area contributed by atoms with Crippen molar-refractivity contribution in [2.45, 2.75) is 0 Å². The van der Waals surface area contributed by atoms with Gasteiger partial charge in [0, 0.05) is 22.3 Å². The van der Waals surface area contributed by atoms with Crippen LogP contribution in [0, 0.1) is 11.6 Å². The zero-order chi connectivity index (χ0) is 58.4. The average molecular weight is 1120 g/mol. The summed E-state index contributed by atoms with van der Waals surface area (Å²) in [4.78, 5) is 0. The number of benzene rings is 17. The van der Waals surface area contributed by atoms with Gasteiger partial charge >= 0.3 is 0 Å². The van der Waals surface area contributed by atoms with Gasteiger partial charge in [-0.05, 0) is 208 Å². The first-order valence-corrected chi connectivity index (χ1v) is 30.1. The molecule has 0 N–H and O–H groups in total. The minimum atomic E-state index is -0.508. The Labute approximate surface area is 508 Å². The maximum atomic E-state index is 20.0. The van der Waals surface area contributed by atoms with Gasteiger partial charge < -0.3 is 0 Å². The molecule has 2 heteroatoms. The van der Waals surface area contributed by atoms with Crippen molar-refractivity contribution in [1.82, 2.24) is 0 Å². The van der Waals surface area contributed by atoms with Gasteiger partial charge in [-0.15, -0.1) is 0 Å². The van der Waals surface area contributed by atoms with Gasteiger partial charge in [-0.3, -0.25) is 0 Å². The van der Waals surface area contributed by atoms with Gasteiger partial charge in [0.1, 0.15) is 11.6 Å². The number of rotatable bonds is 8. The first-order chi connectivity index (χ1) is 43.4.